The number of nitrogens with two attached hydrogens (primary N) is 1. The molecule has 126 valence electrons. The van der Waals surface area contributed by atoms with Crippen molar-refractivity contribution in [2.24, 2.45) is 5.14 Å². The van der Waals surface area contributed by atoms with Crippen molar-refractivity contribution in [2.75, 3.05) is 5.32 Å². The summed E-state index contributed by atoms with van der Waals surface area (Å²) < 4.78 is 23.2. The minimum atomic E-state index is -3.84. The van der Waals surface area contributed by atoms with E-state index in [1.165, 1.54) is 12.1 Å². The summed E-state index contributed by atoms with van der Waals surface area (Å²) in [7, 11) is -3.84. The number of sulfonamides is 1. The molecule has 0 spiro atoms. The fourth-order valence-corrected chi connectivity index (χ4v) is 3.66. The van der Waals surface area contributed by atoms with Gasteiger partial charge in [-0.05, 0) is 37.3 Å². The van der Waals surface area contributed by atoms with E-state index in [1.54, 1.807) is 12.1 Å². The van der Waals surface area contributed by atoms with Crippen LogP contribution in [0.4, 0.5) is 5.69 Å². The Morgan fingerprint density at radius 1 is 1.12 bits per heavy atom. The van der Waals surface area contributed by atoms with Gasteiger partial charge in [0.05, 0.1) is 4.90 Å². The summed E-state index contributed by atoms with van der Waals surface area (Å²) >= 11 is 0. The molecule has 0 bridgehead atoms. The van der Waals surface area contributed by atoms with Gasteiger partial charge in [-0.25, -0.2) is 13.6 Å². The summed E-state index contributed by atoms with van der Waals surface area (Å²) in [5.74, 6) is -0.272. The zero-order valence-electron chi connectivity index (χ0n) is 13.3. The van der Waals surface area contributed by atoms with Crippen molar-refractivity contribution < 1.29 is 13.2 Å². The number of fused-ring (bicyclic) bond motifs is 2. The number of carbonyl (C=O) groups excluding carboxylic acids is 1. The molecule has 1 aliphatic heterocycles. The van der Waals surface area contributed by atoms with Crippen molar-refractivity contribution in [3.05, 3.63) is 59.3 Å². The summed E-state index contributed by atoms with van der Waals surface area (Å²) in [6, 6.07) is 12.2. The lowest BCUT2D eigenvalue weighted by Gasteiger charge is -2.03. The van der Waals surface area contributed by atoms with Crippen LogP contribution in [-0.2, 0) is 14.8 Å². The zero-order valence-corrected chi connectivity index (χ0v) is 14.1. The van der Waals surface area contributed by atoms with Crippen LogP contribution in [0.15, 0.2) is 47.4 Å². The van der Waals surface area contributed by atoms with Crippen molar-refractivity contribution in [3.8, 4) is 0 Å². The predicted octanol–water partition coefficient (Wildman–Crippen LogP) is 2.62. The van der Waals surface area contributed by atoms with Gasteiger partial charge >= 0.3 is 0 Å². The van der Waals surface area contributed by atoms with Crippen LogP contribution in [0.3, 0.4) is 0 Å². The van der Waals surface area contributed by atoms with Crippen LogP contribution in [0.2, 0.25) is 0 Å². The first kappa shape index (κ1) is 15.6. The third kappa shape index (κ3) is 2.54. The molecule has 25 heavy (non-hydrogen) atoms. The SMILES string of the molecule is Cc1[nH]c2ccccc2c1/C=C1\C(=O)Nc2ccc(S(N)(=O)=O)cc21. The van der Waals surface area contributed by atoms with Crippen LogP contribution in [-0.4, -0.2) is 19.3 Å². The van der Waals surface area contributed by atoms with E-state index < -0.39 is 10.0 Å². The largest absolute Gasteiger partial charge is 0.358 e. The van der Waals surface area contributed by atoms with Crippen LogP contribution < -0.4 is 10.5 Å². The van der Waals surface area contributed by atoms with Gasteiger partial charge in [0, 0.05) is 39.0 Å². The molecule has 1 amide bonds. The number of benzene rings is 2. The van der Waals surface area contributed by atoms with Gasteiger partial charge in [0.2, 0.25) is 10.0 Å². The maximum Gasteiger partial charge on any atom is 0.256 e. The average Bonchev–Trinajstić information content (AvgIpc) is 3.04. The monoisotopic (exact) mass is 353 g/mol. The smallest absolute Gasteiger partial charge is 0.256 e. The van der Waals surface area contributed by atoms with Crippen molar-refractivity contribution in [1.82, 2.24) is 4.98 Å². The lowest BCUT2D eigenvalue weighted by molar-refractivity contribution is -0.110. The number of aromatic amines is 1. The summed E-state index contributed by atoms with van der Waals surface area (Å²) in [5, 5.41) is 8.96. The normalized spacial score (nSPS) is 15.6. The molecule has 0 aliphatic carbocycles. The van der Waals surface area contributed by atoms with Gasteiger partial charge in [-0.2, -0.15) is 0 Å². The van der Waals surface area contributed by atoms with E-state index >= 15 is 0 Å². The molecule has 0 radical (unpaired) electrons. The zero-order chi connectivity index (χ0) is 17.8. The molecular weight excluding hydrogens is 338 g/mol. The maximum atomic E-state index is 12.4. The Kier molecular flexibility index (Phi) is 3.31. The number of H-pyrrole nitrogens is 1. The summed E-state index contributed by atoms with van der Waals surface area (Å²) in [5.41, 5.74) is 4.31. The van der Waals surface area contributed by atoms with Gasteiger partial charge in [0.1, 0.15) is 0 Å². The highest BCUT2D eigenvalue weighted by molar-refractivity contribution is 7.89. The molecule has 2 heterocycles. The van der Waals surface area contributed by atoms with Crippen LogP contribution >= 0.6 is 0 Å². The third-order valence-corrected chi connectivity index (χ3v) is 5.25. The second-order valence-electron chi connectivity index (χ2n) is 5.97. The van der Waals surface area contributed by atoms with Gasteiger partial charge in [-0.15, -0.1) is 0 Å². The second-order valence-corrected chi connectivity index (χ2v) is 7.54. The molecule has 2 aromatic carbocycles. The number of primary sulfonamides is 1. The Hall–Kier alpha value is -2.90. The van der Waals surface area contributed by atoms with E-state index in [9.17, 15) is 13.2 Å². The van der Waals surface area contributed by atoms with Gasteiger partial charge in [0.25, 0.3) is 5.91 Å². The topological polar surface area (TPSA) is 105 Å². The number of nitrogens with one attached hydrogen (secondary N) is 2. The number of anilines is 1. The Bertz CT molecular complexity index is 1170. The highest BCUT2D eigenvalue weighted by Crippen LogP contribution is 2.36. The van der Waals surface area contributed by atoms with Gasteiger partial charge in [0.15, 0.2) is 0 Å². The van der Waals surface area contributed by atoms with Crippen molar-refractivity contribution in [2.45, 2.75) is 11.8 Å². The number of hydrogen-bond donors (Lipinski definition) is 3. The Labute approximate surface area is 144 Å². The van der Waals surface area contributed by atoms with Crippen LogP contribution in [0, 0.1) is 6.92 Å². The molecule has 0 unspecified atom stereocenters. The first-order chi connectivity index (χ1) is 11.8. The summed E-state index contributed by atoms with van der Waals surface area (Å²) in [6.07, 6.45) is 1.78. The molecule has 7 heteroatoms. The molecule has 0 saturated carbocycles. The molecule has 1 aliphatic rings. The number of hydrogen-bond acceptors (Lipinski definition) is 3. The van der Waals surface area contributed by atoms with E-state index in [0.717, 1.165) is 22.2 Å². The second kappa shape index (κ2) is 5.30. The van der Waals surface area contributed by atoms with E-state index in [0.29, 0.717) is 16.8 Å². The summed E-state index contributed by atoms with van der Waals surface area (Å²) in [4.78, 5) is 15.7. The van der Waals surface area contributed by atoms with Crippen molar-refractivity contribution in [3.63, 3.8) is 0 Å². The highest BCUT2D eigenvalue weighted by atomic mass is 32.2. The molecular formula is C18H15N3O3S. The fourth-order valence-electron chi connectivity index (χ4n) is 3.12. The Morgan fingerprint density at radius 2 is 1.88 bits per heavy atom. The molecule has 4 rings (SSSR count). The van der Waals surface area contributed by atoms with E-state index in [-0.39, 0.29) is 10.8 Å². The van der Waals surface area contributed by atoms with Crippen molar-refractivity contribution >= 4 is 44.2 Å². The first-order valence-corrected chi connectivity index (χ1v) is 9.17. The number of amides is 1. The number of aromatic nitrogens is 1. The molecule has 4 N–H and O–H groups in total. The molecule has 6 nitrogen and oxygen atoms in total. The quantitative estimate of drug-likeness (QED) is 0.617. The fraction of sp³-hybridized carbons (Fsp3) is 0.0556. The van der Waals surface area contributed by atoms with E-state index in [1.807, 2.05) is 31.2 Å². The minimum absolute atomic E-state index is 0.0238. The van der Waals surface area contributed by atoms with Crippen LogP contribution in [0.5, 0.6) is 0 Å². The van der Waals surface area contributed by atoms with Gasteiger partial charge < -0.3 is 10.3 Å². The maximum absolute atomic E-state index is 12.4. The standard InChI is InChI=1S/C18H15N3O3S/c1-10-13(12-4-2-3-5-16(12)20-10)9-15-14-8-11(25(19,23)24)6-7-17(14)21-18(15)22/h2-9,20H,1H3,(H,21,22)(H2,19,23,24)/b15-9-. The van der Waals surface area contributed by atoms with Crippen LogP contribution in [0.1, 0.15) is 16.8 Å². The Balaban J connectivity index is 1.94. The van der Waals surface area contributed by atoms with Gasteiger partial charge in [-0.3, -0.25) is 4.79 Å². The van der Waals surface area contributed by atoms with Crippen LogP contribution in [0.25, 0.3) is 22.6 Å². The number of carbonyl (C=O) groups is 1. The first-order valence-electron chi connectivity index (χ1n) is 7.62. The van der Waals surface area contributed by atoms with Gasteiger partial charge in [-0.1, -0.05) is 18.2 Å². The molecule has 0 fully saturated rings. The molecule has 1 aromatic heterocycles. The lowest BCUT2D eigenvalue weighted by Crippen LogP contribution is -2.12. The lowest BCUT2D eigenvalue weighted by atomic mass is 10.0. The number of para-hydroxylation sites is 1. The number of rotatable bonds is 2. The number of aryl methyl sites for hydroxylation is 1. The third-order valence-electron chi connectivity index (χ3n) is 4.33. The predicted molar refractivity (Wildman–Crippen MR) is 97.4 cm³/mol. The minimum Gasteiger partial charge on any atom is -0.358 e. The molecule has 3 aromatic rings. The summed E-state index contributed by atoms with van der Waals surface area (Å²) in [6.45, 7) is 1.93. The molecule has 0 saturated heterocycles. The van der Waals surface area contributed by atoms with E-state index in [4.69, 9.17) is 5.14 Å². The van der Waals surface area contributed by atoms with Crippen molar-refractivity contribution in [1.29, 1.82) is 0 Å². The van der Waals surface area contributed by atoms with E-state index in [2.05, 4.69) is 10.3 Å². The highest BCUT2D eigenvalue weighted by Gasteiger charge is 2.26. The Morgan fingerprint density at radius 3 is 2.64 bits per heavy atom. The average molecular weight is 353 g/mol. The molecule has 0 atom stereocenters.